The average molecular weight is 291 g/mol. The molecule has 0 aliphatic heterocycles. The van der Waals surface area contributed by atoms with Gasteiger partial charge in [0.25, 0.3) is 5.69 Å². The summed E-state index contributed by atoms with van der Waals surface area (Å²) in [4.78, 5) is 18.0. The van der Waals surface area contributed by atoms with E-state index in [9.17, 15) is 15.2 Å². The van der Waals surface area contributed by atoms with Crippen LogP contribution in [0.4, 0.5) is 11.5 Å². The van der Waals surface area contributed by atoms with Gasteiger partial charge in [-0.3, -0.25) is 10.1 Å². The molecule has 1 aromatic carbocycles. The van der Waals surface area contributed by atoms with Gasteiger partial charge in [0, 0.05) is 18.5 Å². The Morgan fingerprint density at radius 2 is 2.15 bits per heavy atom. The highest BCUT2D eigenvalue weighted by Crippen LogP contribution is 2.27. The van der Waals surface area contributed by atoms with E-state index in [0.717, 1.165) is 0 Å². The fraction of sp³-hybridized carbons (Fsp3) is 0.0769. The van der Waals surface area contributed by atoms with E-state index in [1.807, 2.05) is 0 Å². The van der Waals surface area contributed by atoms with Crippen LogP contribution in [-0.4, -0.2) is 16.1 Å². The van der Waals surface area contributed by atoms with E-state index in [0.29, 0.717) is 16.4 Å². The van der Waals surface area contributed by atoms with Crippen LogP contribution in [0.3, 0.4) is 0 Å². The van der Waals surface area contributed by atoms with Crippen molar-refractivity contribution in [1.82, 2.24) is 4.98 Å². The van der Waals surface area contributed by atoms with E-state index in [2.05, 4.69) is 9.98 Å². The SMILES string of the molecule is Cc1cc(C=Nc2ccc(Cl)cn2)c([O-])c([N+](=O)[O-])c1. The second-order valence-electron chi connectivity index (χ2n) is 4.05. The predicted molar refractivity (Wildman–Crippen MR) is 73.8 cm³/mol. The van der Waals surface area contributed by atoms with Gasteiger partial charge in [-0.05, 0) is 35.9 Å². The number of nitro benzene ring substituents is 1. The van der Waals surface area contributed by atoms with Crippen molar-refractivity contribution in [3.8, 4) is 5.75 Å². The van der Waals surface area contributed by atoms with Crippen LogP contribution in [-0.2, 0) is 0 Å². The van der Waals surface area contributed by atoms with E-state index >= 15 is 0 Å². The largest absolute Gasteiger partial charge is 0.867 e. The summed E-state index contributed by atoms with van der Waals surface area (Å²) in [5, 5.41) is 23.1. The third kappa shape index (κ3) is 3.10. The molecule has 0 unspecified atom stereocenters. The lowest BCUT2D eigenvalue weighted by molar-refractivity contribution is -0.398. The number of nitrogens with zero attached hydrogens (tertiary/aromatic N) is 3. The molecule has 1 aromatic heterocycles. The van der Waals surface area contributed by atoms with Crippen molar-refractivity contribution < 1.29 is 10.0 Å². The Labute approximate surface area is 119 Å². The molecule has 0 saturated carbocycles. The van der Waals surface area contributed by atoms with Crippen molar-refractivity contribution in [2.24, 2.45) is 4.99 Å². The Hall–Kier alpha value is -2.47. The Kier molecular flexibility index (Phi) is 3.95. The van der Waals surface area contributed by atoms with Gasteiger partial charge in [0.05, 0.1) is 9.95 Å². The Morgan fingerprint density at radius 1 is 1.40 bits per heavy atom. The van der Waals surface area contributed by atoms with Crippen molar-refractivity contribution >= 4 is 29.3 Å². The maximum atomic E-state index is 11.9. The number of nitro groups is 1. The second-order valence-corrected chi connectivity index (χ2v) is 4.49. The zero-order chi connectivity index (χ0) is 14.7. The minimum Gasteiger partial charge on any atom is -0.867 e. The van der Waals surface area contributed by atoms with Gasteiger partial charge in [-0.15, -0.1) is 0 Å². The molecule has 0 fully saturated rings. The van der Waals surface area contributed by atoms with Gasteiger partial charge in [-0.1, -0.05) is 17.7 Å². The van der Waals surface area contributed by atoms with Crippen molar-refractivity contribution in [2.45, 2.75) is 6.92 Å². The monoisotopic (exact) mass is 290 g/mol. The molecule has 0 aliphatic carbocycles. The van der Waals surface area contributed by atoms with E-state index in [1.54, 1.807) is 19.1 Å². The lowest BCUT2D eigenvalue weighted by Crippen LogP contribution is -2.02. The van der Waals surface area contributed by atoms with Crippen LogP contribution in [0.15, 0.2) is 35.5 Å². The standard InChI is InChI=1S/C13H10ClN3O3/c1-8-4-9(13(18)11(5-8)17(19)20)6-15-12-3-2-10(14)7-16-12/h2-7,18H,1H3/p-1. The van der Waals surface area contributed by atoms with Gasteiger partial charge < -0.3 is 5.11 Å². The van der Waals surface area contributed by atoms with Crippen molar-refractivity contribution in [2.75, 3.05) is 0 Å². The third-order valence-corrected chi connectivity index (χ3v) is 2.71. The van der Waals surface area contributed by atoms with Crippen LogP contribution in [0.5, 0.6) is 5.75 Å². The summed E-state index contributed by atoms with van der Waals surface area (Å²) in [7, 11) is 0. The number of hydrogen-bond acceptors (Lipinski definition) is 5. The van der Waals surface area contributed by atoms with Gasteiger partial charge >= 0.3 is 0 Å². The fourth-order valence-electron chi connectivity index (χ4n) is 1.59. The molecule has 20 heavy (non-hydrogen) atoms. The van der Waals surface area contributed by atoms with Crippen LogP contribution in [0.2, 0.25) is 5.02 Å². The van der Waals surface area contributed by atoms with Crippen molar-refractivity contribution in [3.05, 3.63) is 56.7 Å². The number of aryl methyl sites for hydroxylation is 1. The van der Waals surface area contributed by atoms with E-state index < -0.39 is 16.4 Å². The van der Waals surface area contributed by atoms with Gasteiger partial charge in [-0.25, -0.2) is 9.98 Å². The molecule has 0 radical (unpaired) electrons. The summed E-state index contributed by atoms with van der Waals surface area (Å²) in [5.74, 6) is -0.309. The summed E-state index contributed by atoms with van der Waals surface area (Å²) in [6.45, 7) is 1.67. The fourth-order valence-corrected chi connectivity index (χ4v) is 1.70. The van der Waals surface area contributed by atoms with Crippen LogP contribution in [0.1, 0.15) is 11.1 Å². The molecule has 0 bridgehead atoms. The molecule has 0 N–H and O–H groups in total. The highest BCUT2D eigenvalue weighted by atomic mass is 35.5. The molecule has 0 atom stereocenters. The Morgan fingerprint density at radius 3 is 2.75 bits per heavy atom. The number of aliphatic imine (C=N–C) groups is 1. The third-order valence-electron chi connectivity index (χ3n) is 2.49. The summed E-state index contributed by atoms with van der Waals surface area (Å²) in [5.41, 5.74) is 0.297. The summed E-state index contributed by atoms with van der Waals surface area (Å²) >= 11 is 5.69. The first-order valence-corrected chi connectivity index (χ1v) is 5.97. The minimum absolute atomic E-state index is 0.147. The highest BCUT2D eigenvalue weighted by molar-refractivity contribution is 6.30. The number of hydrogen-bond donors (Lipinski definition) is 0. The predicted octanol–water partition coefficient (Wildman–Crippen LogP) is 2.78. The molecule has 2 rings (SSSR count). The normalized spacial score (nSPS) is 10.9. The topological polar surface area (TPSA) is 91.5 Å². The smallest absolute Gasteiger partial charge is 0.262 e. The lowest BCUT2D eigenvalue weighted by Gasteiger charge is -2.11. The maximum Gasteiger partial charge on any atom is 0.262 e. The first-order valence-electron chi connectivity index (χ1n) is 5.59. The molecular weight excluding hydrogens is 282 g/mol. The molecule has 0 spiro atoms. The summed E-state index contributed by atoms with van der Waals surface area (Å²) < 4.78 is 0. The zero-order valence-electron chi connectivity index (χ0n) is 10.4. The van der Waals surface area contributed by atoms with Gasteiger partial charge in [-0.2, -0.15) is 0 Å². The van der Waals surface area contributed by atoms with Gasteiger partial charge in [0.1, 0.15) is 0 Å². The minimum atomic E-state index is -0.701. The molecule has 0 aliphatic rings. The molecule has 0 amide bonds. The second kappa shape index (κ2) is 5.66. The molecule has 0 saturated heterocycles. The van der Waals surface area contributed by atoms with E-state index in [1.165, 1.54) is 24.5 Å². The zero-order valence-corrected chi connectivity index (χ0v) is 11.2. The van der Waals surface area contributed by atoms with Gasteiger partial charge in [0.2, 0.25) is 0 Å². The summed E-state index contributed by atoms with van der Waals surface area (Å²) in [6, 6.07) is 5.96. The van der Waals surface area contributed by atoms with E-state index in [4.69, 9.17) is 11.6 Å². The number of rotatable bonds is 3. The van der Waals surface area contributed by atoms with E-state index in [-0.39, 0.29) is 5.56 Å². The number of aromatic nitrogens is 1. The Balaban J connectivity index is 2.38. The molecule has 6 nitrogen and oxygen atoms in total. The first-order chi connectivity index (χ1) is 9.47. The maximum absolute atomic E-state index is 11.9. The lowest BCUT2D eigenvalue weighted by atomic mass is 10.1. The molecule has 102 valence electrons. The van der Waals surface area contributed by atoms with Crippen LogP contribution < -0.4 is 5.11 Å². The first kappa shape index (κ1) is 14.0. The van der Waals surface area contributed by atoms with Gasteiger partial charge in [0.15, 0.2) is 5.82 Å². The number of halogens is 1. The molecule has 2 aromatic rings. The number of pyridine rings is 1. The molecule has 1 heterocycles. The molecular formula is C13H9ClN3O3-. The van der Waals surface area contributed by atoms with Crippen molar-refractivity contribution in [1.29, 1.82) is 0 Å². The van der Waals surface area contributed by atoms with Crippen LogP contribution >= 0.6 is 11.6 Å². The highest BCUT2D eigenvalue weighted by Gasteiger charge is 2.10. The van der Waals surface area contributed by atoms with Crippen LogP contribution in [0.25, 0.3) is 0 Å². The Bertz CT molecular complexity index is 684. The van der Waals surface area contributed by atoms with Crippen LogP contribution in [0, 0.1) is 17.0 Å². The molecule has 7 heteroatoms. The van der Waals surface area contributed by atoms with Crippen molar-refractivity contribution in [3.63, 3.8) is 0 Å². The quantitative estimate of drug-likeness (QED) is 0.493. The number of benzene rings is 1. The summed E-state index contributed by atoms with van der Waals surface area (Å²) in [6.07, 6.45) is 2.68. The average Bonchev–Trinajstić information content (AvgIpc) is 2.41.